The SMILES string of the molecule is C[C@@H](CCO)NC(=O)c1cnc(Cl)cn1. The van der Waals surface area contributed by atoms with Crippen LogP contribution in [-0.2, 0) is 0 Å². The van der Waals surface area contributed by atoms with E-state index in [0.29, 0.717) is 6.42 Å². The molecule has 1 atom stereocenters. The van der Waals surface area contributed by atoms with Gasteiger partial charge in [-0.15, -0.1) is 0 Å². The number of hydrogen-bond donors (Lipinski definition) is 2. The van der Waals surface area contributed by atoms with Gasteiger partial charge < -0.3 is 10.4 Å². The van der Waals surface area contributed by atoms with Gasteiger partial charge in [0.2, 0.25) is 0 Å². The van der Waals surface area contributed by atoms with Crippen LogP contribution in [-0.4, -0.2) is 33.6 Å². The van der Waals surface area contributed by atoms with Crippen molar-refractivity contribution >= 4 is 17.5 Å². The Morgan fingerprint density at radius 2 is 2.33 bits per heavy atom. The van der Waals surface area contributed by atoms with Crippen LogP contribution in [0.2, 0.25) is 5.15 Å². The number of amides is 1. The summed E-state index contributed by atoms with van der Waals surface area (Å²) in [6, 6.07) is -0.0972. The summed E-state index contributed by atoms with van der Waals surface area (Å²) in [5, 5.41) is 11.6. The number of aromatic nitrogens is 2. The van der Waals surface area contributed by atoms with E-state index in [4.69, 9.17) is 16.7 Å². The molecule has 0 unspecified atom stereocenters. The van der Waals surface area contributed by atoms with E-state index < -0.39 is 0 Å². The lowest BCUT2D eigenvalue weighted by Crippen LogP contribution is -2.33. The molecule has 1 aromatic rings. The molecular weight excluding hydrogens is 218 g/mol. The molecule has 0 saturated carbocycles. The molecule has 1 heterocycles. The summed E-state index contributed by atoms with van der Waals surface area (Å²) in [6.07, 6.45) is 3.13. The summed E-state index contributed by atoms with van der Waals surface area (Å²) in [5.41, 5.74) is 0.212. The lowest BCUT2D eigenvalue weighted by molar-refractivity contribution is 0.0929. The molecule has 6 heteroatoms. The molecule has 0 saturated heterocycles. The van der Waals surface area contributed by atoms with Crippen LogP contribution in [0.3, 0.4) is 0 Å². The highest BCUT2D eigenvalue weighted by molar-refractivity contribution is 6.29. The van der Waals surface area contributed by atoms with Gasteiger partial charge in [0.05, 0.1) is 12.4 Å². The number of rotatable bonds is 4. The van der Waals surface area contributed by atoms with Crippen molar-refractivity contribution in [1.82, 2.24) is 15.3 Å². The number of halogens is 1. The van der Waals surface area contributed by atoms with Crippen molar-refractivity contribution < 1.29 is 9.90 Å². The van der Waals surface area contributed by atoms with Crippen molar-refractivity contribution in [1.29, 1.82) is 0 Å². The first kappa shape index (κ1) is 11.9. The fourth-order valence-electron chi connectivity index (χ4n) is 0.993. The van der Waals surface area contributed by atoms with E-state index in [1.165, 1.54) is 12.4 Å². The Labute approximate surface area is 92.5 Å². The smallest absolute Gasteiger partial charge is 0.271 e. The molecule has 0 aliphatic rings. The molecule has 0 aliphatic carbocycles. The Morgan fingerprint density at radius 3 is 2.87 bits per heavy atom. The second kappa shape index (κ2) is 5.63. The highest BCUT2D eigenvalue weighted by atomic mass is 35.5. The molecule has 1 aromatic heterocycles. The quantitative estimate of drug-likeness (QED) is 0.794. The Hall–Kier alpha value is -1.20. The topological polar surface area (TPSA) is 75.1 Å². The van der Waals surface area contributed by atoms with Gasteiger partial charge in [-0.25, -0.2) is 9.97 Å². The predicted octanol–water partition coefficient (Wildman–Crippen LogP) is 0.631. The Kier molecular flexibility index (Phi) is 4.45. The van der Waals surface area contributed by atoms with Gasteiger partial charge in [-0.05, 0) is 13.3 Å². The number of hydrogen-bond acceptors (Lipinski definition) is 4. The van der Waals surface area contributed by atoms with Crippen molar-refractivity contribution in [3.8, 4) is 0 Å². The number of carbonyl (C=O) groups excluding carboxylic acids is 1. The Bertz CT molecular complexity index is 329. The summed E-state index contributed by atoms with van der Waals surface area (Å²) < 4.78 is 0. The maximum Gasteiger partial charge on any atom is 0.271 e. The van der Waals surface area contributed by atoms with Gasteiger partial charge in [-0.2, -0.15) is 0 Å². The van der Waals surface area contributed by atoms with E-state index in [0.717, 1.165) is 0 Å². The maximum absolute atomic E-state index is 11.5. The van der Waals surface area contributed by atoms with E-state index in [1.807, 2.05) is 0 Å². The van der Waals surface area contributed by atoms with E-state index in [1.54, 1.807) is 6.92 Å². The van der Waals surface area contributed by atoms with E-state index in [-0.39, 0.29) is 29.4 Å². The van der Waals surface area contributed by atoms with Crippen LogP contribution >= 0.6 is 11.6 Å². The molecule has 15 heavy (non-hydrogen) atoms. The summed E-state index contributed by atoms with van der Waals surface area (Å²) in [5.74, 6) is -0.319. The van der Waals surface area contributed by atoms with Gasteiger partial charge in [0.15, 0.2) is 0 Å². The standard InChI is InChI=1S/C9H12ClN3O2/c1-6(2-3-14)13-9(15)7-4-12-8(10)5-11-7/h4-6,14H,2-3H2,1H3,(H,13,15)/t6-/m0/s1. The third-order valence-corrected chi connectivity index (χ3v) is 1.99. The van der Waals surface area contributed by atoms with Crippen molar-refractivity contribution in [2.24, 2.45) is 0 Å². The van der Waals surface area contributed by atoms with Crippen molar-refractivity contribution in [3.63, 3.8) is 0 Å². The van der Waals surface area contributed by atoms with E-state index >= 15 is 0 Å². The molecule has 0 spiro atoms. The first-order valence-corrected chi connectivity index (χ1v) is 4.90. The second-order valence-corrected chi connectivity index (χ2v) is 3.50. The molecular formula is C9H12ClN3O2. The number of carbonyl (C=O) groups is 1. The van der Waals surface area contributed by atoms with Crippen LogP contribution in [0.25, 0.3) is 0 Å². The lowest BCUT2D eigenvalue weighted by Gasteiger charge is -2.11. The third-order valence-electron chi connectivity index (χ3n) is 1.79. The number of aliphatic hydroxyl groups excluding tert-OH is 1. The minimum Gasteiger partial charge on any atom is -0.396 e. The van der Waals surface area contributed by atoms with Crippen molar-refractivity contribution in [2.75, 3.05) is 6.61 Å². The van der Waals surface area contributed by atoms with Gasteiger partial charge in [-0.1, -0.05) is 11.6 Å². The molecule has 82 valence electrons. The molecule has 1 rings (SSSR count). The fourth-order valence-corrected chi connectivity index (χ4v) is 1.09. The zero-order chi connectivity index (χ0) is 11.3. The molecule has 5 nitrogen and oxygen atoms in total. The van der Waals surface area contributed by atoms with Gasteiger partial charge in [-0.3, -0.25) is 4.79 Å². The Balaban J connectivity index is 2.57. The molecule has 2 N–H and O–H groups in total. The van der Waals surface area contributed by atoms with Crippen LogP contribution in [0.5, 0.6) is 0 Å². The average molecular weight is 230 g/mol. The van der Waals surface area contributed by atoms with Gasteiger partial charge in [0.25, 0.3) is 5.91 Å². The predicted molar refractivity (Wildman–Crippen MR) is 55.7 cm³/mol. The van der Waals surface area contributed by atoms with Crippen LogP contribution in [0.4, 0.5) is 0 Å². The van der Waals surface area contributed by atoms with Crippen LogP contribution in [0.15, 0.2) is 12.4 Å². The third kappa shape index (κ3) is 3.81. The summed E-state index contributed by atoms with van der Waals surface area (Å²) in [6.45, 7) is 1.84. The van der Waals surface area contributed by atoms with Gasteiger partial charge in [0.1, 0.15) is 10.8 Å². The first-order valence-electron chi connectivity index (χ1n) is 4.52. The monoisotopic (exact) mass is 229 g/mol. The minimum atomic E-state index is -0.319. The fraction of sp³-hybridized carbons (Fsp3) is 0.444. The highest BCUT2D eigenvalue weighted by Crippen LogP contribution is 2.01. The van der Waals surface area contributed by atoms with Gasteiger partial charge in [0, 0.05) is 12.6 Å². The first-order chi connectivity index (χ1) is 7.13. The number of aliphatic hydroxyl groups is 1. The lowest BCUT2D eigenvalue weighted by atomic mass is 10.2. The normalized spacial score (nSPS) is 12.2. The minimum absolute atomic E-state index is 0.0355. The largest absolute Gasteiger partial charge is 0.396 e. The van der Waals surface area contributed by atoms with Gasteiger partial charge >= 0.3 is 0 Å². The number of nitrogens with one attached hydrogen (secondary N) is 1. The zero-order valence-corrected chi connectivity index (χ0v) is 9.03. The van der Waals surface area contributed by atoms with Crippen LogP contribution in [0, 0.1) is 0 Å². The molecule has 0 aliphatic heterocycles. The second-order valence-electron chi connectivity index (χ2n) is 3.11. The zero-order valence-electron chi connectivity index (χ0n) is 8.27. The van der Waals surface area contributed by atoms with Crippen LogP contribution in [0.1, 0.15) is 23.8 Å². The highest BCUT2D eigenvalue weighted by Gasteiger charge is 2.10. The average Bonchev–Trinajstić information content (AvgIpc) is 2.18. The summed E-state index contributed by atoms with van der Waals surface area (Å²) in [4.78, 5) is 19.1. The summed E-state index contributed by atoms with van der Waals surface area (Å²) in [7, 11) is 0. The van der Waals surface area contributed by atoms with Crippen molar-refractivity contribution in [2.45, 2.75) is 19.4 Å². The van der Waals surface area contributed by atoms with E-state index in [2.05, 4.69) is 15.3 Å². The molecule has 0 radical (unpaired) electrons. The molecule has 1 amide bonds. The maximum atomic E-state index is 11.5. The molecule has 0 bridgehead atoms. The van der Waals surface area contributed by atoms with Crippen molar-refractivity contribution in [3.05, 3.63) is 23.2 Å². The summed E-state index contributed by atoms with van der Waals surface area (Å²) >= 11 is 5.53. The Morgan fingerprint density at radius 1 is 1.60 bits per heavy atom. The van der Waals surface area contributed by atoms with E-state index in [9.17, 15) is 4.79 Å². The number of nitrogens with zero attached hydrogens (tertiary/aromatic N) is 2. The molecule has 0 fully saturated rings. The van der Waals surface area contributed by atoms with Crippen LogP contribution < -0.4 is 5.32 Å². The molecule has 0 aromatic carbocycles.